The van der Waals surface area contributed by atoms with Crippen molar-refractivity contribution in [2.75, 3.05) is 0 Å². The molecule has 0 aliphatic carbocycles. The smallest absolute Gasteiger partial charge is 0.244 e. The van der Waals surface area contributed by atoms with Crippen LogP contribution < -0.4 is 10.5 Å². The summed E-state index contributed by atoms with van der Waals surface area (Å²) in [6.45, 7) is 2.03. The van der Waals surface area contributed by atoms with E-state index in [0.717, 1.165) is 23.0 Å². The summed E-state index contributed by atoms with van der Waals surface area (Å²) in [6, 6.07) is 6.68. The summed E-state index contributed by atoms with van der Waals surface area (Å²) in [5.41, 5.74) is 7.90. The number of benzene rings is 1. The molecular formula is C16H14BrFN4O. The minimum Gasteiger partial charge on any atom is -0.420 e. The first-order valence-electron chi connectivity index (χ1n) is 7.16. The van der Waals surface area contributed by atoms with Gasteiger partial charge in [-0.2, -0.15) is 5.26 Å². The van der Waals surface area contributed by atoms with E-state index in [2.05, 4.69) is 32.2 Å². The van der Waals surface area contributed by atoms with E-state index in [1.54, 1.807) is 12.1 Å². The lowest BCUT2D eigenvalue weighted by Crippen LogP contribution is -2.22. The van der Waals surface area contributed by atoms with Gasteiger partial charge in [0, 0.05) is 15.7 Å². The van der Waals surface area contributed by atoms with Crippen molar-refractivity contribution in [1.29, 1.82) is 5.26 Å². The molecule has 0 bridgehead atoms. The number of nitriles is 1. The SMILES string of the molecule is CCCc1[nH]nc2c1[C@H](c1cc(Br)ccc1F)C(C#N)=C(N)O2. The van der Waals surface area contributed by atoms with Crippen LogP contribution in [0.15, 0.2) is 34.1 Å². The molecule has 3 rings (SSSR count). The highest BCUT2D eigenvalue weighted by molar-refractivity contribution is 9.10. The van der Waals surface area contributed by atoms with Crippen molar-refractivity contribution >= 4 is 15.9 Å². The number of H-pyrrole nitrogens is 1. The summed E-state index contributed by atoms with van der Waals surface area (Å²) in [7, 11) is 0. The number of rotatable bonds is 3. The number of allylic oxidation sites excluding steroid dienone is 1. The van der Waals surface area contributed by atoms with Gasteiger partial charge in [-0.05, 0) is 24.6 Å². The number of fused-ring (bicyclic) bond motifs is 1. The molecule has 0 unspecified atom stereocenters. The molecule has 7 heteroatoms. The van der Waals surface area contributed by atoms with Gasteiger partial charge in [0.1, 0.15) is 17.5 Å². The van der Waals surface area contributed by atoms with Crippen molar-refractivity contribution in [1.82, 2.24) is 10.2 Å². The Morgan fingerprint density at radius 3 is 3.00 bits per heavy atom. The van der Waals surface area contributed by atoms with E-state index in [9.17, 15) is 9.65 Å². The Hall–Kier alpha value is -2.33. The predicted octanol–water partition coefficient (Wildman–Crippen LogP) is 3.48. The average Bonchev–Trinajstić information content (AvgIpc) is 2.91. The van der Waals surface area contributed by atoms with Crippen molar-refractivity contribution in [2.45, 2.75) is 25.7 Å². The molecule has 0 fully saturated rings. The number of halogens is 2. The molecule has 0 saturated heterocycles. The summed E-state index contributed by atoms with van der Waals surface area (Å²) >= 11 is 3.35. The minimum absolute atomic E-state index is 0.0427. The fourth-order valence-electron chi connectivity index (χ4n) is 2.80. The first-order valence-corrected chi connectivity index (χ1v) is 7.95. The van der Waals surface area contributed by atoms with Gasteiger partial charge in [0.05, 0.1) is 11.5 Å². The minimum atomic E-state index is -0.637. The topological polar surface area (TPSA) is 87.7 Å². The van der Waals surface area contributed by atoms with Gasteiger partial charge in [0.15, 0.2) is 0 Å². The number of nitrogens with zero attached hydrogens (tertiary/aromatic N) is 2. The maximum absolute atomic E-state index is 14.4. The second-order valence-electron chi connectivity index (χ2n) is 5.26. The summed E-state index contributed by atoms with van der Waals surface area (Å²) in [4.78, 5) is 0. The molecule has 0 saturated carbocycles. The largest absolute Gasteiger partial charge is 0.420 e. The summed E-state index contributed by atoms with van der Waals surface area (Å²) in [5.74, 6) is -0.787. The highest BCUT2D eigenvalue weighted by Crippen LogP contribution is 2.44. The van der Waals surface area contributed by atoms with Crippen LogP contribution in [0.5, 0.6) is 5.88 Å². The number of nitrogens with one attached hydrogen (secondary N) is 1. The Balaban J connectivity index is 2.26. The van der Waals surface area contributed by atoms with E-state index < -0.39 is 11.7 Å². The number of hydrogen-bond donors (Lipinski definition) is 2. The van der Waals surface area contributed by atoms with Gasteiger partial charge in [-0.15, -0.1) is 5.10 Å². The van der Waals surface area contributed by atoms with E-state index in [1.807, 2.05) is 6.92 Å². The van der Waals surface area contributed by atoms with Crippen LogP contribution in [-0.2, 0) is 6.42 Å². The van der Waals surface area contributed by atoms with Gasteiger partial charge in [0.2, 0.25) is 11.8 Å². The van der Waals surface area contributed by atoms with Crippen molar-refractivity contribution in [3.63, 3.8) is 0 Å². The van der Waals surface area contributed by atoms with Crippen molar-refractivity contribution in [2.24, 2.45) is 5.73 Å². The molecule has 2 heterocycles. The number of aromatic nitrogens is 2. The molecule has 0 amide bonds. The molecule has 1 aliphatic heterocycles. The van der Waals surface area contributed by atoms with Crippen LogP contribution in [0.1, 0.15) is 36.1 Å². The molecule has 23 heavy (non-hydrogen) atoms. The Labute approximate surface area is 141 Å². The van der Waals surface area contributed by atoms with Crippen molar-refractivity contribution < 1.29 is 9.13 Å². The van der Waals surface area contributed by atoms with Crippen LogP contribution in [0.2, 0.25) is 0 Å². The highest BCUT2D eigenvalue weighted by atomic mass is 79.9. The normalized spacial score (nSPS) is 16.7. The molecule has 1 aromatic heterocycles. The fourth-order valence-corrected chi connectivity index (χ4v) is 3.17. The van der Waals surface area contributed by atoms with Crippen LogP contribution in [0.3, 0.4) is 0 Å². The molecule has 0 radical (unpaired) electrons. The quantitative estimate of drug-likeness (QED) is 0.857. The van der Waals surface area contributed by atoms with Crippen molar-refractivity contribution in [3.05, 3.63) is 56.8 Å². The average molecular weight is 377 g/mol. The Kier molecular flexibility index (Phi) is 4.09. The van der Waals surface area contributed by atoms with E-state index >= 15 is 0 Å². The Bertz CT molecular complexity index is 837. The van der Waals surface area contributed by atoms with Crippen LogP contribution in [0.25, 0.3) is 0 Å². The van der Waals surface area contributed by atoms with Gasteiger partial charge in [-0.3, -0.25) is 5.10 Å². The van der Waals surface area contributed by atoms with Crippen LogP contribution in [0.4, 0.5) is 4.39 Å². The number of aromatic amines is 1. The molecule has 5 nitrogen and oxygen atoms in total. The maximum Gasteiger partial charge on any atom is 0.244 e. The standard InChI is InChI=1S/C16H14BrFN4O/c1-2-3-12-14-13(9-6-8(17)4-5-11(9)18)10(7-19)15(20)23-16(14)22-21-12/h4-6,13H,2-3,20H2,1H3,(H,21,22)/t13-/m1/s1. The maximum atomic E-state index is 14.4. The van der Waals surface area contributed by atoms with Crippen LogP contribution in [0, 0.1) is 17.1 Å². The van der Waals surface area contributed by atoms with E-state index in [4.69, 9.17) is 10.5 Å². The summed E-state index contributed by atoms with van der Waals surface area (Å²) in [6.07, 6.45) is 1.60. The van der Waals surface area contributed by atoms with Gasteiger partial charge >= 0.3 is 0 Å². The fraction of sp³-hybridized carbons (Fsp3) is 0.250. The zero-order valence-electron chi connectivity index (χ0n) is 12.4. The van der Waals surface area contributed by atoms with Crippen LogP contribution in [-0.4, -0.2) is 10.2 Å². The second-order valence-corrected chi connectivity index (χ2v) is 6.18. The second kappa shape index (κ2) is 6.05. The molecule has 3 N–H and O–H groups in total. The Morgan fingerprint density at radius 1 is 1.52 bits per heavy atom. The number of nitrogens with two attached hydrogens (primary N) is 1. The monoisotopic (exact) mass is 376 g/mol. The lowest BCUT2D eigenvalue weighted by atomic mass is 9.83. The van der Waals surface area contributed by atoms with E-state index in [-0.39, 0.29) is 11.5 Å². The summed E-state index contributed by atoms with van der Waals surface area (Å²) in [5, 5.41) is 16.5. The Morgan fingerprint density at radius 2 is 2.30 bits per heavy atom. The third-order valence-electron chi connectivity index (χ3n) is 3.79. The van der Waals surface area contributed by atoms with Crippen LogP contribution >= 0.6 is 15.9 Å². The number of hydrogen-bond acceptors (Lipinski definition) is 4. The molecular weight excluding hydrogens is 363 g/mol. The van der Waals surface area contributed by atoms with Crippen molar-refractivity contribution in [3.8, 4) is 11.9 Å². The molecule has 1 aromatic carbocycles. The van der Waals surface area contributed by atoms with E-state index in [1.165, 1.54) is 6.07 Å². The number of ether oxygens (including phenoxy) is 1. The van der Waals surface area contributed by atoms with E-state index in [0.29, 0.717) is 17.0 Å². The molecule has 1 atom stereocenters. The lowest BCUT2D eigenvalue weighted by Gasteiger charge is -2.24. The van der Waals surface area contributed by atoms with Gasteiger partial charge in [-0.1, -0.05) is 29.3 Å². The highest BCUT2D eigenvalue weighted by Gasteiger charge is 2.36. The first-order chi connectivity index (χ1) is 11.1. The first kappa shape index (κ1) is 15.6. The van der Waals surface area contributed by atoms with Gasteiger partial charge in [0.25, 0.3) is 0 Å². The van der Waals surface area contributed by atoms with Gasteiger partial charge in [-0.25, -0.2) is 4.39 Å². The summed E-state index contributed by atoms with van der Waals surface area (Å²) < 4.78 is 20.6. The van der Waals surface area contributed by atoms with Gasteiger partial charge < -0.3 is 10.5 Å². The molecule has 0 spiro atoms. The number of aryl methyl sites for hydroxylation is 1. The third-order valence-corrected chi connectivity index (χ3v) is 4.28. The third kappa shape index (κ3) is 2.59. The zero-order valence-corrected chi connectivity index (χ0v) is 13.9. The molecule has 118 valence electrons. The zero-order chi connectivity index (χ0) is 16.6. The molecule has 2 aromatic rings. The lowest BCUT2D eigenvalue weighted by molar-refractivity contribution is 0.377. The molecule has 1 aliphatic rings. The predicted molar refractivity (Wildman–Crippen MR) is 86.0 cm³/mol.